The Morgan fingerprint density at radius 2 is 1.66 bits per heavy atom. The van der Waals surface area contributed by atoms with Crippen LogP contribution in [0.5, 0.6) is 0 Å². The van der Waals surface area contributed by atoms with Crippen LogP contribution in [0.2, 0.25) is 0 Å². The van der Waals surface area contributed by atoms with Crippen molar-refractivity contribution in [1.29, 1.82) is 0 Å². The molecular weight excluding hydrogens is 422 g/mol. The Balaban J connectivity index is 1.60. The average Bonchev–Trinajstić information content (AvgIpc) is 3.10. The number of halogens is 1. The van der Waals surface area contributed by atoms with Gasteiger partial charge in [0.1, 0.15) is 0 Å². The van der Waals surface area contributed by atoms with Gasteiger partial charge in [0.2, 0.25) is 0 Å². The van der Waals surface area contributed by atoms with Gasteiger partial charge < -0.3 is 4.90 Å². The molecule has 0 radical (unpaired) electrons. The van der Waals surface area contributed by atoms with E-state index >= 15 is 0 Å². The average molecular weight is 442 g/mol. The number of nitrogens with zero attached hydrogens (tertiary/aromatic N) is 1. The van der Waals surface area contributed by atoms with Gasteiger partial charge in [0.25, 0.3) is 0 Å². The van der Waals surface area contributed by atoms with E-state index in [1.54, 1.807) is 0 Å². The highest BCUT2D eigenvalue weighted by atomic mass is 79.9. The predicted molar refractivity (Wildman–Crippen MR) is 123 cm³/mol. The van der Waals surface area contributed by atoms with Crippen LogP contribution in [0.3, 0.4) is 0 Å². The van der Waals surface area contributed by atoms with Crippen molar-refractivity contribution in [3.63, 3.8) is 0 Å². The predicted octanol–water partition coefficient (Wildman–Crippen LogP) is 6.68. The second kappa shape index (κ2) is 7.16. The third-order valence-electron chi connectivity index (χ3n) is 5.58. The standard InChI is InChI=1S/C26H20BrNO/c1-17-6-5-9-20(14-17)28(19-7-3-2-4-8-19)21-10-11-22-18(15-21)16-24-23(22)12-13-25(27)26(24)29/h2-15,25H,16H2,1H3. The van der Waals surface area contributed by atoms with Gasteiger partial charge >= 0.3 is 0 Å². The van der Waals surface area contributed by atoms with Crippen molar-refractivity contribution in [2.45, 2.75) is 18.2 Å². The largest absolute Gasteiger partial charge is 0.310 e. The Kier molecular flexibility index (Phi) is 4.48. The van der Waals surface area contributed by atoms with E-state index in [-0.39, 0.29) is 10.6 Å². The minimum atomic E-state index is -0.205. The molecule has 2 aliphatic carbocycles. The topological polar surface area (TPSA) is 20.3 Å². The number of ketones is 1. The van der Waals surface area contributed by atoms with Crippen molar-refractivity contribution in [2.75, 3.05) is 4.90 Å². The SMILES string of the molecule is Cc1cccc(N(c2ccccc2)c2ccc3c(c2)CC2=C3C=CC(Br)C2=O)c1. The number of para-hydroxylation sites is 1. The molecule has 1 atom stereocenters. The lowest BCUT2D eigenvalue weighted by atomic mass is 9.97. The highest BCUT2D eigenvalue weighted by molar-refractivity contribution is 9.10. The number of fused-ring (bicyclic) bond motifs is 2. The lowest BCUT2D eigenvalue weighted by molar-refractivity contribution is -0.114. The Morgan fingerprint density at radius 3 is 2.45 bits per heavy atom. The molecule has 0 saturated carbocycles. The third-order valence-corrected chi connectivity index (χ3v) is 6.30. The fraction of sp³-hybridized carbons (Fsp3) is 0.115. The van der Waals surface area contributed by atoms with Crippen molar-refractivity contribution >= 4 is 44.3 Å². The molecule has 5 rings (SSSR count). The zero-order chi connectivity index (χ0) is 20.0. The third kappa shape index (κ3) is 3.16. The number of rotatable bonds is 3. The van der Waals surface area contributed by atoms with Crippen LogP contribution < -0.4 is 4.90 Å². The molecule has 0 N–H and O–H groups in total. The molecule has 0 saturated heterocycles. The van der Waals surface area contributed by atoms with Gasteiger partial charge in [-0.3, -0.25) is 4.79 Å². The van der Waals surface area contributed by atoms with Gasteiger partial charge in [0.05, 0.1) is 4.83 Å². The van der Waals surface area contributed by atoms with Crippen molar-refractivity contribution < 1.29 is 4.79 Å². The first-order valence-corrected chi connectivity index (χ1v) is 10.7. The smallest absolute Gasteiger partial charge is 0.177 e. The van der Waals surface area contributed by atoms with E-state index in [1.165, 1.54) is 16.7 Å². The normalized spacial score (nSPS) is 17.3. The molecule has 29 heavy (non-hydrogen) atoms. The van der Waals surface area contributed by atoms with E-state index < -0.39 is 0 Å². The molecule has 3 aromatic rings. The van der Waals surface area contributed by atoms with Crippen molar-refractivity contribution in [2.24, 2.45) is 0 Å². The summed E-state index contributed by atoms with van der Waals surface area (Å²) in [6.07, 6.45) is 4.71. The maximum absolute atomic E-state index is 12.6. The monoisotopic (exact) mass is 441 g/mol. The van der Waals surface area contributed by atoms with E-state index in [2.05, 4.69) is 101 Å². The first-order chi connectivity index (χ1) is 14.1. The summed E-state index contributed by atoms with van der Waals surface area (Å²) >= 11 is 3.46. The van der Waals surface area contributed by atoms with Gasteiger partial charge in [-0.15, -0.1) is 0 Å². The van der Waals surface area contributed by atoms with E-state index in [0.717, 1.165) is 28.2 Å². The molecule has 2 nitrogen and oxygen atoms in total. The fourth-order valence-corrected chi connectivity index (χ4v) is 4.64. The van der Waals surface area contributed by atoms with E-state index in [4.69, 9.17) is 0 Å². The van der Waals surface area contributed by atoms with Gasteiger partial charge in [-0.25, -0.2) is 0 Å². The van der Waals surface area contributed by atoms with E-state index in [1.807, 2.05) is 12.1 Å². The number of hydrogen-bond donors (Lipinski definition) is 0. The first kappa shape index (κ1) is 18.1. The highest BCUT2D eigenvalue weighted by Gasteiger charge is 2.31. The van der Waals surface area contributed by atoms with Crippen molar-refractivity contribution in [3.05, 3.63) is 107 Å². The van der Waals surface area contributed by atoms with Crippen LogP contribution in [0, 0.1) is 6.92 Å². The summed E-state index contributed by atoms with van der Waals surface area (Å²) in [6, 6.07) is 25.5. The molecule has 0 fully saturated rings. The molecule has 0 aliphatic heterocycles. The lowest BCUT2D eigenvalue weighted by Crippen LogP contribution is -2.17. The summed E-state index contributed by atoms with van der Waals surface area (Å²) in [6.45, 7) is 2.11. The lowest BCUT2D eigenvalue weighted by Gasteiger charge is -2.26. The summed E-state index contributed by atoms with van der Waals surface area (Å²) in [5.74, 6) is 0.179. The Labute approximate surface area is 179 Å². The fourth-order valence-electron chi connectivity index (χ4n) is 4.21. The number of carbonyl (C=O) groups is 1. The number of carbonyl (C=O) groups excluding carboxylic acids is 1. The second-order valence-corrected chi connectivity index (χ2v) is 8.53. The Morgan fingerprint density at radius 1 is 0.897 bits per heavy atom. The number of alkyl halides is 1. The molecule has 0 heterocycles. The zero-order valence-corrected chi connectivity index (χ0v) is 17.7. The van der Waals surface area contributed by atoms with Crippen molar-refractivity contribution in [1.82, 2.24) is 0 Å². The van der Waals surface area contributed by atoms with Crippen LogP contribution in [-0.4, -0.2) is 10.6 Å². The van der Waals surface area contributed by atoms with Gasteiger partial charge in [0.15, 0.2) is 5.78 Å². The Hall–Kier alpha value is -2.91. The minimum Gasteiger partial charge on any atom is -0.310 e. The number of Topliss-reactive ketones (excluding diaryl/α,β-unsaturated/α-hetero) is 1. The minimum absolute atomic E-state index is 0.179. The molecule has 2 aliphatic rings. The molecule has 0 amide bonds. The van der Waals surface area contributed by atoms with E-state index in [9.17, 15) is 4.79 Å². The van der Waals surface area contributed by atoms with Crippen molar-refractivity contribution in [3.8, 4) is 0 Å². The quantitative estimate of drug-likeness (QED) is 0.422. The van der Waals surface area contributed by atoms with Crippen LogP contribution >= 0.6 is 15.9 Å². The Bertz CT molecular complexity index is 1180. The second-order valence-electron chi connectivity index (χ2n) is 7.55. The molecule has 0 bridgehead atoms. The summed E-state index contributed by atoms with van der Waals surface area (Å²) in [5.41, 5.74) is 8.95. The van der Waals surface area contributed by atoms with Gasteiger partial charge in [-0.05, 0) is 65.6 Å². The van der Waals surface area contributed by atoms with Crippen LogP contribution in [0.4, 0.5) is 17.1 Å². The molecule has 0 spiro atoms. The molecule has 3 aromatic carbocycles. The van der Waals surface area contributed by atoms with Crippen LogP contribution in [0.25, 0.3) is 5.57 Å². The number of hydrogen-bond acceptors (Lipinski definition) is 2. The molecule has 0 aromatic heterocycles. The zero-order valence-electron chi connectivity index (χ0n) is 16.1. The molecular formula is C26H20BrNO. The number of benzene rings is 3. The first-order valence-electron chi connectivity index (χ1n) is 9.76. The summed E-state index contributed by atoms with van der Waals surface area (Å²) in [4.78, 5) is 14.7. The van der Waals surface area contributed by atoms with Crippen LogP contribution in [0.15, 0.2) is 90.5 Å². The van der Waals surface area contributed by atoms with Crippen LogP contribution in [-0.2, 0) is 11.2 Å². The van der Waals surface area contributed by atoms with Gasteiger partial charge in [-0.2, -0.15) is 0 Å². The summed E-state index contributed by atoms with van der Waals surface area (Å²) in [7, 11) is 0. The maximum atomic E-state index is 12.6. The highest BCUT2D eigenvalue weighted by Crippen LogP contribution is 2.42. The van der Waals surface area contributed by atoms with Gasteiger partial charge in [-0.1, -0.05) is 64.5 Å². The number of allylic oxidation sites excluding steroid dienone is 4. The van der Waals surface area contributed by atoms with Gasteiger partial charge in [0, 0.05) is 29.1 Å². The molecule has 3 heteroatoms. The van der Waals surface area contributed by atoms with Crippen LogP contribution in [0.1, 0.15) is 16.7 Å². The maximum Gasteiger partial charge on any atom is 0.177 e. The number of anilines is 3. The number of aryl methyl sites for hydroxylation is 1. The summed E-state index contributed by atoms with van der Waals surface area (Å²) in [5, 5.41) is 0. The molecule has 142 valence electrons. The molecule has 1 unspecified atom stereocenters. The van der Waals surface area contributed by atoms with E-state index in [0.29, 0.717) is 6.42 Å². The summed E-state index contributed by atoms with van der Waals surface area (Å²) < 4.78 is 0.